The molecule has 0 aromatic rings. The van der Waals surface area contributed by atoms with Crippen LogP contribution in [0.25, 0.3) is 0 Å². The van der Waals surface area contributed by atoms with E-state index in [9.17, 15) is 13.9 Å². The summed E-state index contributed by atoms with van der Waals surface area (Å²) < 4.78 is 22.5. The summed E-state index contributed by atoms with van der Waals surface area (Å²) in [6.45, 7) is 0.489. The summed E-state index contributed by atoms with van der Waals surface area (Å²) in [5, 5.41) is -2.05. The molecular formula is C8H15NO7P2S2. The Hall–Kier alpha value is 0.210. The van der Waals surface area contributed by atoms with Crippen molar-refractivity contribution in [3.63, 3.8) is 0 Å². The second-order valence-electron chi connectivity index (χ2n) is 4.21. The van der Waals surface area contributed by atoms with Gasteiger partial charge in [0.05, 0.1) is 0 Å². The Morgan fingerprint density at radius 1 is 1.30 bits per heavy atom. The van der Waals surface area contributed by atoms with Crippen molar-refractivity contribution in [1.29, 1.82) is 0 Å². The van der Waals surface area contributed by atoms with Gasteiger partial charge in [-0.15, -0.1) is 0 Å². The number of thioether (sulfide) groups is 1. The zero-order chi connectivity index (χ0) is 15.6. The molecule has 1 amide bonds. The summed E-state index contributed by atoms with van der Waals surface area (Å²) in [5.41, 5.74) is 0. The molecule has 1 saturated heterocycles. The van der Waals surface area contributed by atoms with Gasteiger partial charge in [0.25, 0.3) is 0 Å². The molecule has 0 atom stereocenters. The first-order valence-corrected chi connectivity index (χ1v) is 10.4. The predicted octanol–water partition coefficient (Wildman–Crippen LogP) is 0.698. The van der Waals surface area contributed by atoms with Crippen LogP contribution >= 0.6 is 39.2 Å². The van der Waals surface area contributed by atoms with Crippen LogP contribution < -0.4 is 0 Å². The van der Waals surface area contributed by atoms with Crippen LogP contribution in [0.4, 0.5) is 0 Å². The number of amides is 1. The minimum absolute atomic E-state index is 0.0243. The molecule has 1 rings (SSSR count). The third-order valence-electron chi connectivity index (χ3n) is 2.69. The molecule has 0 aliphatic carbocycles. The number of hydrogen-bond donors (Lipinski definition) is 4. The second-order valence-corrected chi connectivity index (χ2v) is 9.95. The maximum Gasteiger partial charge on any atom is 0.340 e. The first kappa shape index (κ1) is 18.3. The molecule has 0 aromatic heterocycles. The van der Waals surface area contributed by atoms with Gasteiger partial charge >= 0.3 is 15.2 Å². The lowest BCUT2D eigenvalue weighted by molar-refractivity contribution is -0.126. The molecule has 0 radical (unpaired) electrons. The molecule has 1 aliphatic heterocycles. The van der Waals surface area contributed by atoms with Crippen LogP contribution in [-0.2, 0) is 13.9 Å². The van der Waals surface area contributed by atoms with E-state index >= 15 is 0 Å². The highest BCUT2D eigenvalue weighted by Gasteiger charge is 2.42. The van der Waals surface area contributed by atoms with Crippen LogP contribution in [0, 0.1) is 0 Å². The lowest BCUT2D eigenvalue weighted by Gasteiger charge is -2.20. The van der Waals surface area contributed by atoms with E-state index in [0.717, 1.165) is 0 Å². The van der Waals surface area contributed by atoms with Crippen LogP contribution in [-0.4, -0.2) is 52.4 Å². The number of rotatable bonds is 6. The molecule has 0 saturated carbocycles. The fourth-order valence-electron chi connectivity index (χ4n) is 1.72. The molecule has 116 valence electrons. The molecule has 1 fully saturated rings. The highest BCUT2D eigenvalue weighted by Crippen LogP contribution is 2.61. The summed E-state index contributed by atoms with van der Waals surface area (Å²) >= 11 is 6.33. The van der Waals surface area contributed by atoms with E-state index in [1.165, 1.54) is 16.7 Å². The molecule has 20 heavy (non-hydrogen) atoms. The Balaban J connectivity index is 2.53. The van der Waals surface area contributed by atoms with Gasteiger partial charge in [0, 0.05) is 18.7 Å². The summed E-state index contributed by atoms with van der Waals surface area (Å²) in [5.74, 6) is 0.410. The van der Waals surface area contributed by atoms with Crippen molar-refractivity contribution in [2.45, 2.75) is 24.7 Å². The van der Waals surface area contributed by atoms with Gasteiger partial charge in [0.15, 0.2) is 5.40 Å². The van der Waals surface area contributed by atoms with Gasteiger partial charge in [-0.1, -0.05) is 24.0 Å². The Labute approximate surface area is 125 Å². The average molecular weight is 363 g/mol. The van der Waals surface area contributed by atoms with E-state index in [1.807, 2.05) is 0 Å². The maximum absolute atomic E-state index is 11.8. The molecule has 0 bridgehead atoms. The summed E-state index contributed by atoms with van der Waals surface area (Å²) in [6, 6.07) is 0. The molecule has 1 aliphatic rings. The van der Waals surface area contributed by atoms with E-state index < -0.39 is 27.0 Å². The van der Waals surface area contributed by atoms with Gasteiger partial charge < -0.3 is 19.6 Å². The van der Waals surface area contributed by atoms with Crippen molar-refractivity contribution in [1.82, 2.24) is 4.90 Å². The van der Waals surface area contributed by atoms with Gasteiger partial charge in [-0.05, 0) is 12.8 Å². The monoisotopic (exact) mass is 363 g/mol. The fourth-order valence-corrected chi connectivity index (χ4v) is 5.57. The number of thiocarbonyl (C=S) groups is 1. The minimum Gasteiger partial charge on any atom is -0.324 e. The quantitative estimate of drug-likeness (QED) is 0.397. The molecule has 0 spiro atoms. The van der Waals surface area contributed by atoms with Crippen molar-refractivity contribution in [3.05, 3.63) is 0 Å². The van der Waals surface area contributed by atoms with Gasteiger partial charge in [-0.3, -0.25) is 18.8 Å². The van der Waals surface area contributed by atoms with E-state index in [2.05, 4.69) is 0 Å². The third-order valence-corrected chi connectivity index (χ3v) is 7.99. The Morgan fingerprint density at radius 2 is 1.85 bits per heavy atom. The minimum atomic E-state index is -4.91. The molecule has 0 unspecified atom stereocenters. The fraction of sp³-hybridized carbons (Fsp3) is 0.750. The Bertz CT molecular complexity index is 465. The topological polar surface area (TPSA) is 135 Å². The molecule has 1 heterocycles. The van der Waals surface area contributed by atoms with E-state index in [0.29, 0.717) is 16.6 Å². The van der Waals surface area contributed by atoms with Crippen molar-refractivity contribution in [3.8, 4) is 0 Å². The summed E-state index contributed by atoms with van der Waals surface area (Å²) in [7, 11) is -9.83. The van der Waals surface area contributed by atoms with Crippen LogP contribution in [0.1, 0.15) is 19.3 Å². The zero-order valence-corrected chi connectivity index (χ0v) is 13.7. The summed E-state index contributed by atoms with van der Waals surface area (Å²) in [4.78, 5) is 48.9. The molecule has 12 heteroatoms. The van der Waals surface area contributed by atoms with Gasteiger partial charge in [-0.2, -0.15) is 0 Å². The predicted molar refractivity (Wildman–Crippen MR) is 78.5 cm³/mol. The largest absolute Gasteiger partial charge is 0.340 e. The normalized spacial score (nSPS) is 17.1. The Kier molecular flexibility index (Phi) is 6.37. The van der Waals surface area contributed by atoms with Crippen LogP contribution in [0.3, 0.4) is 0 Å². The standard InChI is InChI=1S/C8H15NO7P2S2/c10-6(9-4-5-20-8(9)19)2-1-3-7(17(11,12)13)18(14,15)16/h7H,1-5H2,(H2,11,12,13)(H2,14,15,16). The van der Waals surface area contributed by atoms with Crippen LogP contribution in [0.5, 0.6) is 0 Å². The zero-order valence-electron chi connectivity index (χ0n) is 10.3. The number of nitrogens with zero attached hydrogens (tertiary/aromatic N) is 1. The van der Waals surface area contributed by atoms with Crippen molar-refractivity contribution in [2.24, 2.45) is 0 Å². The first-order valence-electron chi connectivity index (χ1n) is 5.61. The highest BCUT2D eigenvalue weighted by molar-refractivity contribution is 8.23. The van der Waals surface area contributed by atoms with Gasteiger partial charge in [0.2, 0.25) is 5.91 Å². The molecular weight excluding hydrogens is 348 g/mol. The first-order chi connectivity index (χ1) is 9.03. The maximum atomic E-state index is 11.8. The van der Waals surface area contributed by atoms with E-state index in [4.69, 9.17) is 31.8 Å². The molecule has 8 nitrogen and oxygen atoms in total. The smallest absolute Gasteiger partial charge is 0.324 e. The Morgan fingerprint density at radius 3 is 2.25 bits per heavy atom. The van der Waals surface area contributed by atoms with Crippen molar-refractivity contribution in [2.75, 3.05) is 12.3 Å². The molecule has 4 N–H and O–H groups in total. The highest BCUT2D eigenvalue weighted by atomic mass is 32.2. The van der Waals surface area contributed by atoms with E-state index in [-0.39, 0.29) is 18.7 Å². The SMILES string of the molecule is O=C(CCCC(P(=O)(O)O)P(=O)(O)O)N1CCSC1=S. The van der Waals surface area contributed by atoms with Gasteiger partial charge in [0.1, 0.15) is 4.32 Å². The molecule has 0 aromatic carbocycles. The van der Waals surface area contributed by atoms with E-state index in [1.54, 1.807) is 0 Å². The van der Waals surface area contributed by atoms with Crippen molar-refractivity contribution >= 4 is 49.4 Å². The third kappa shape index (κ3) is 5.20. The van der Waals surface area contributed by atoms with Gasteiger partial charge in [-0.25, -0.2) is 0 Å². The van der Waals surface area contributed by atoms with Crippen LogP contribution in [0.15, 0.2) is 0 Å². The number of carbonyl (C=O) groups excluding carboxylic acids is 1. The lowest BCUT2D eigenvalue weighted by atomic mass is 10.2. The second kappa shape index (κ2) is 6.98. The average Bonchev–Trinajstić information content (AvgIpc) is 2.66. The summed E-state index contributed by atoms with van der Waals surface area (Å²) in [6.07, 6.45) is -0.505. The number of hydrogen-bond acceptors (Lipinski definition) is 5. The lowest BCUT2D eigenvalue weighted by Crippen LogP contribution is -2.30. The van der Waals surface area contributed by atoms with Crippen molar-refractivity contribution < 1.29 is 33.5 Å². The number of carbonyl (C=O) groups is 1. The van der Waals surface area contributed by atoms with Crippen LogP contribution in [0.2, 0.25) is 0 Å².